The summed E-state index contributed by atoms with van der Waals surface area (Å²) in [4.78, 5) is 4.28. The van der Waals surface area contributed by atoms with Gasteiger partial charge in [-0.2, -0.15) is 8.78 Å². The third-order valence-electron chi connectivity index (χ3n) is 2.20. The molecular weight excluding hydrogens is 258 g/mol. The van der Waals surface area contributed by atoms with Crippen molar-refractivity contribution in [3.8, 4) is 5.75 Å². The fourth-order valence-electron chi connectivity index (χ4n) is 1.47. The number of aryl methyl sites for hydroxylation is 1. The van der Waals surface area contributed by atoms with Crippen LogP contribution in [0, 0.1) is 6.92 Å². The predicted molar refractivity (Wildman–Crippen MR) is 67.3 cm³/mol. The summed E-state index contributed by atoms with van der Waals surface area (Å²) in [6.07, 6.45) is 0. The molecule has 0 saturated heterocycles. The van der Waals surface area contributed by atoms with Gasteiger partial charge in [0.15, 0.2) is 0 Å². The normalized spacial score (nSPS) is 10.7. The first-order valence-electron chi connectivity index (χ1n) is 5.34. The van der Waals surface area contributed by atoms with E-state index in [9.17, 15) is 8.78 Å². The second-order valence-corrected chi connectivity index (χ2v) is 4.55. The lowest BCUT2D eigenvalue weighted by Crippen LogP contribution is -2.06. The Kier molecular flexibility index (Phi) is 4.09. The molecule has 0 fully saturated rings. The number of halogens is 2. The summed E-state index contributed by atoms with van der Waals surface area (Å²) in [6, 6.07) is 6.60. The minimum Gasteiger partial charge on any atom is -0.433 e. The van der Waals surface area contributed by atoms with Crippen LogP contribution in [-0.4, -0.2) is 11.6 Å². The zero-order chi connectivity index (χ0) is 13.0. The number of thiazole rings is 1. The maximum Gasteiger partial charge on any atom is 0.387 e. The number of aromatic nitrogens is 1. The fraction of sp³-hybridized carbons (Fsp3) is 0.250. The van der Waals surface area contributed by atoms with Crippen LogP contribution in [0.4, 0.5) is 14.5 Å². The highest BCUT2D eigenvalue weighted by Gasteiger charge is 2.09. The number of nitrogens with one attached hydrogen (secondary N) is 1. The summed E-state index contributed by atoms with van der Waals surface area (Å²) < 4.78 is 28.8. The first-order chi connectivity index (χ1) is 8.65. The van der Waals surface area contributed by atoms with Crippen LogP contribution in [0.5, 0.6) is 5.75 Å². The number of hydrogen-bond donors (Lipinski definition) is 1. The number of para-hydroxylation sites is 2. The third-order valence-corrected chi connectivity index (χ3v) is 3.17. The maximum absolute atomic E-state index is 12.2. The Balaban J connectivity index is 2.04. The van der Waals surface area contributed by atoms with Crippen molar-refractivity contribution in [1.82, 2.24) is 4.98 Å². The standard InChI is InChI=1S/C12H12F2N2OS/c1-8-7-18-11(16-8)6-15-9-4-2-3-5-10(9)17-12(13)14/h2-5,7,12,15H,6H2,1H3. The Bertz CT molecular complexity index is 516. The highest BCUT2D eigenvalue weighted by Crippen LogP contribution is 2.26. The number of rotatable bonds is 5. The molecule has 0 aliphatic heterocycles. The van der Waals surface area contributed by atoms with Gasteiger partial charge in [0.05, 0.1) is 12.2 Å². The molecule has 0 bridgehead atoms. The topological polar surface area (TPSA) is 34.1 Å². The van der Waals surface area contributed by atoms with Crippen molar-refractivity contribution in [3.05, 3.63) is 40.3 Å². The number of anilines is 1. The molecule has 0 saturated carbocycles. The Hall–Kier alpha value is -1.69. The van der Waals surface area contributed by atoms with Crippen LogP contribution in [0.25, 0.3) is 0 Å². The summed E-state index contributed by atoms with van der Waals surface area (Å²) in [5, 5.41) is 5.88. The minimum absolute atomic E-state index is 0.140. The number of alkyl halides is 2. The summed E-state index contributed by atoms with van der Waals surface area (Å²) in [7, 11) is 0. The molecular formula is C12H12F2N2OS. The number of nitrogens with zero attached hydrogens (tertiary/aromatic N) is 1. The molecule has 0 atom stereocenters. The van der Waals surface area contributed by atoms with Gasteiger partial charge in [0, 0.05) is 11.1 Å². The van der Waals surface area contributed by atoms with Crippen molar-refractivity contribution < 1.29 is 13.5 Å². The SMILES string of the molecule is Cc1csc(CNc2ccccc2OC(F)F)n1. The first kappa shape index (κ1) is 12.8. The number of benzene rings is 1. The lowest BCUT2D eigenvalue weighted by atomic mass is 10.3. The van der Waals surface area contributed by atoms with E-state index >= 15 is 0 Å². The van der Waals surface area contributed by atoms with Crippen molar-refractivity contribution in [1.29, 1.82) is 0 Å². The summed E-state index contributed by atoms with van der Waals surface area (Å²) in [5.41, 5.74) is 1.49. The zero-order valence-electron chi connectivity index (χ0n) is 9.69. The molecule has 1 aromatic heterocycles. The molecule has 0 amide bonds. The monoisotopic (exact) mass is 270 g/mol. The molecule has 6 heteroatoms. The molecule has 2 aromatic rings. The van der Waals surface area contributed by atoms with Crippen LogP contribution < -0.4 is 10.1 Å². The lowest BCUT2D eigenvalue weighted by molar-refractivity contribution is -0.0493. The van der Waals surface area contributed by atoms with E-state index in [0.29, 0.717) is 12.2 Å². The van der Waals surface area contributed by atoms with Gasteiger partial charge < -0.3 is 10.1 Å². The quantitative estimate of drug-likeness (QED) is 0.900. The smallest absolute Gasteiger partial charge is 0.387 e. The molecule has 3 nitrogen and oxygen atoms in total. The van der Waals surface area contributed by atoms with Crippen LogP contribution in [-0.2, 0) is 6.54 Å². The average molecular weight is 270 g/mol. The highest BCUT2D eigenvalue weighted by molar-refractivity contribution is 7.09. The fourth-order valence-corrected chi connectivity index (χ4v) is 2.18. The Labute approximate surface area is 107 Å². The molecule has 2 rings (SSSR count). The number of hydrogen-bond acceptors (Lipinski definition) is 4. The van der Waals surface area contributed by atoms with Crippen molar-refractivity contribution in [2.45, 2.75) is 20.1 Å². The van der Waals surface area contributed by atoms with Gasteiger partial charge in [-0.1, -0.05) is 12.1 Å². The zero-order valence-corrected chi connectivity index (χ0v) is 10.5. The molecule has 0 aliphatic rings. The van der Waals surface area contributed by atoms with Crippen molar-refractivity contribution >= 4 is 17.0 Å². The van der Waals surface area contributed by atoms with E-state index in [2.05, 4.69) is 15.0 Å². The molecule has 0 aliphatic carbocycles. The molecule has 0 unspecified atom stereocenters. The van der Waals surface area contributed by atoms with E-state index < -0.39 is 6.61 Å². The highest BCUT2D eigenvalue weighted by atomic mass is 32.1. The van der Waals surface area contributed by atoms with E-state index in [1.165, 1.54) is 17.4 Å². The largest absolute Gasteiger partial charge is 0.433 e. The summed E-state index contributed by atoms with van der Waals surface area (Å²) in [5.74, 6) is 0.140. The second kappa shape index (κ2) is 5.77. The predicted octanol–water partition coefficient (Wildman–Crippen LogP) is 3.67. The lowest BCUT2D eigenvalue weighted by Gasteiger charge is -2.11. The Morgan fingerprint density at radius 2 is 2.17 bits per heavy atom. The number of ether oxygens (including phenoxy) is 1. The van der Waals surface area contributed by atoms with Gasteiger partial charge in [0.1, 0.15) is 10.8 Å². The molecule has 96 valence electrons. The molecule has 0 radical (unpaired) electrons. The van der Waals surface area contributed by atoms with Gasteiger partial charge >= 0.3 is 6.61 Å². The molecule has 0 spiro atoms. The van der Waals surface area contributed by atoms with E-state index in [1.807, 2.05) is 12.3 Å². The average Bonchev–Trinajstić information content (AvgIpc) is 2.73. The van der Waals surface area contributed by atoms with Gasteiger partial charge in [0.2, 0.25) is 0 Å². The van der Waals surface area contributed by atoms with Crippen molar-refractivity contribution in [2.75, 3.05) is 5.32 Å². The van der Waals surface area contributed by atoms with E-state index in [1.54, 1.807) is 18.2 Å². The van der Waals surface area contributed by atoms with Crippen molar-refractivity contribution in [3.63, 3.8) is 0 Å². The van der Waals surface area contributed by atoms with E-state index in [-0.39, 0.29) is 5.75 Å². The maximum atomic E-state index is 12.2. The van der Waals surface area contributed by atoms with Crippen LogP contribution >= 0.6 is 11.3 Å². The van der Waals surface area contributed by atoms with Crippen LogP contribution in [0.1, 0.15) is 10.7 Å². The molecule has 18 heavy (non-hydrogen) atoms. The van der Waals surface area contributed by atoms with Gasteiger partial charge in [-0.3, -0.25) is 0 Å². The van der Waals surface area contributed by atoms with Crippen LogP contribution in [0.15, 0.2) is 29.6 Å². The van der Waals surface area contributed by atoms with Gasteiger partial charge in [-0.05, 0) is 19.1 Å². The van der Waals surface area contributed by atoms with E-state index in [4.69, 9.17) is 0 Å². The third kappa shape index (κ3) is 3.40. The molecule has 1 aromatic carbocycles. The molecule has 1 N–H and O–H groups in total. The summed E-state index contributed by atoms with van der Waals surface area (Å²) in [6.45, 7) is -0.425. The summed E-state index contributed by atoms with van der Waals surface area (Å²) >= 11 is 1.53. The van der Waals surface area contributed by atoms with Gasteiger partial charge in [-0.15, -0.1) is 11.3 Å². The van der Waals surface area contributed by atoms with E-state index in [0.717, 1.165) is 10.7 Å². The van der Waals surface area contributed by atoms with Crippen LogP contribution in [0.3, 0.4) is 0 Å². The van der Waals surface area contributed by atoms with Crippen molar-refractivity contribution in [2.24, 2.45) is 0 Å². The van der Waals surface area contributed by atoms with Gasteiger partial charge in [-0.25, -0.2) is 4.98 Å². The molecule has 1 heterocycles. The van der Waals surface area contributed by atoms with Crippen LogP contribution in [0.2, 0.25) is 0 Å². The Morgan fingerprint density at radius 3 is 2.83 bits per heavy atom. The minimum atomic E-state index is -2.82. The second-order valence-electron chi connectivity index (χ2n) is 3.61. The van der Waals surface area contributed by atoms with Gasteiger partial charge in [0.25, 0.3) is 0 Å². The first-order valence-corrected chi connectivity index (χ1v) is 6.22. The Morgan fingerprint density at radius 1 is 1.39 bits per heavy atom.